The van der Waals surface area contributed by atoms with Gasteiger partial charge in [-0.25, -0.2) is 9.78 Å². The first kappa shape index (κ1) is 13.1. The van der Waals surface area contributed by atoms with Gasteiger partial charge in [0.25, 0.3) is 0 Å². The number of aryl methyl sites for hydroxylation is 1. The first-order valence-corrected chi connectivity index (χ1v) is 7.47. The minimum atomic E-state index is -0.127. The molecular formula is C13H16ClN5O2. The quantitative estimate of drug-likeness (QED) is 0.725. The Morgan fingerprint density at radius 2 is 2.24 bits per heavy atom. The summed E-state index contributed by atoms with van der Waals surface area (Å²) in [6, 6.07) is 0. The van der Waals surface area contributed by atoms with Crippen LogP contribution in [0.5, 0.6) is 0 Å². The molecule has 2 aromatic rings. The Balaban J connectivity index is 1.84. The highest BCUT2D eigenvalue weighted by Crippen LogP contribution is 2.37. The molecule has 3 heterocycles. The van der Waals surface area contributed by atoms with Crippen molar-refractivity contribution in [3.63, 3.8) is 0 Å². The summed E-state index contributed by atoms with van der Waals surface area (Å²) in [4.78, 5) is 20.7. The molecule has 0 N–H and O–H groups in total. The van der Waals surface area contributed by atoms with Crippen LogP contribution in [0, 0.1) is 0 Å². The third-order valence-electron chi connectivity index (χ3n) is 4.53. The maximum atomic E-state index is 12.5. The van der Waals surface area contributed by atoms with Crippen LogP contribution in [-0.2, 0) is 11.8 Å². The average Bonchev–Trinajstić information content (AvgIpc) is 2.69. The number of fused-ring (bicyclic) bond motifs is 1. The molecule has 2 fully saturated rings. The van der Waals surface area contributed by atoms with E-state index in [1.807, 2.05) is 5.01 Å². The molecule has 1 saturated carbocycles. The summed E-state index contributed by atoms with van der Waals surface area (Å²) >= 11 is 5.90. The molecular weight excluding hydrogens is 294 g/mol. The maximum absolute atomic E-state index is 12.5. The molecule has 8 heteroatoms. The molecule has 2 aromatic heterocycles. The van der Waals surface area contributed by atoms with Crippen molar-refractivity contribution in [2.45, 2.75) is 24.9 Å². The topological polar surface area (TPSA) is 65.2 Å². The van der Waals surface area contributed by atoms with Gasteiger partial charge in [0.2, 0.25) is 5.28 Å². The second kappa shape index (κ2) is 4.45. The Bertz CT molecular complexity index is 764. The molecule has 0 bridgehead atoms. The molecule has 7 nitrogen and oxygen atoms in total. The summed E-state index contributed by atoms with van der Waals surface area (Å²) in [7, 11) is 1.72. The van der Waals surface area contributed by atoms with E-state index in [0.717, 1.165) is 12.8 Å². The van der Waals surface area contributed by atoms with Crippen LogP contribution in [-0.4, -0.2) is 44.5 Å². The van der Waals surface area contributed by atoms with Crippen LogP contribution in [0.4, 0.5) is 0 Å². The number of halogens is 1. The molecule has 1 saturated heterocycles. The lowest BCUT2D eigenvalue weighted by molar-refractivity contribution is -0.112. The summed E-state index contributed by atoms with van der Waals surface area (Å²) in [6.45, 7) is 2.01. The van der Waals surface area contributed by atoms with Gasteiger partial charge in [0.05, 0.1) is 31.5 Å². The number of rotatable bonds is 1. The molecule has 0 unspecified atom stereocenters. The van der Waals surface area contributed by atoms with Crippen LogP contribution in [0.3, 0.4) is 0 Å². The van der Waals surface area contributed by atoms with E-state index in [4.69, 9.17) is 16.3 Å². The fraction of sp³-hybridized carbons (Fsp3) is 0.615. The number of hydrogen-bond donors (Lipinski definition) is 0. The molecule has 0 radical (unpaired) electrons. The highest BCUT2D eigenvalue weighted by atomic mass is 35.5. The normalized spacial score (nSPS) is 21.0. The number of nitrogens with zero attached hydrogens (tertiary/aromatic N) is 5. The van der Waals surface area contributed by atoms with E-state index >= 15 is 0 Å². The first-order valence-electron chi connectivity index (χ1n) is 7.09. The van der Waals surface area contributed by atoms with Crippen molar-refractivity contribution < 1.29 is 4.74 Å². The highest BCUT2D eigenvalue weighted by molar-refractivity contribution is 6.28. The van der Waals surface area contributed by atoms with Crippen LogP contribution < -0.4 is 10.7 Å². The number of imidazole rings is 1. The molecule has 1 aliphatic carbocycles. The molecule has 2 aliphatic rings. The smallest absolute Gasteiger partial charge is 0.349 e. The van der Waals surface area contributed by atoms with Crippen LogP contribution in [0.2, 0.25) is 5.28 Å². The zero-order valence-electron chi connectivity index (χ0n) is 11.8. The van der Waals surface area contributed by atoms with E-state index in [9.17, 15) is 4.79 Å². The minimum absolute atomic E-state index is 0.0866. The van der Waals surface area contributed by atoms with Crippen molar-refractivity contribution in [2.75, 3.05) is 24.7 Å². The predicted molar refractivity (Wildman–Crippen MR) is 78.3 cm³/mol. The van der Waals surface area contributed by atoms with Crippen molar-refractivity contribution in [1.29, 1.82) is 0 Å². The minimum Gasteiger partial charge on any atom is -0.371 e. The molecule has 21 heavy (non-hydrogen) atoms. The zero-order valence-corrected chi connectivity index (χ0v) is 12.5. The highest BCUT2D eigenvalue weighted by Gasteiger charge is 2.43. The lowest BCUT2D eigenvalue weighted by atomic mass is 9.79. The molecule has 112 valence electrons. The monoisotopic (exact) mass is 309 g/mol. The standard InChI is InChI=1S/C13H16ClN5O2/c1-17-9-7-15-11(14)16-10(9)19(12(17)20)18-5-6-21-13(8-18)3-2-4-13/h7H,2-6,8H2,1H3. The number of hydrogen-bond acceptors (Lipinski definition) is 5. The molecule has 0 aromatic carbocycles. The van der Waals surface area contributed by atoms with E-state index in [-0.39, 0.29) is 16.6 Å². The van der Waals surface area contributed by atoms with E-state index in [0.29, 0.717) is 30.9 Å². The molecule has 0 atom stereocenters. The van der Waals surface area contributed by atoms with E-state index in [1.54, 1.807) is 22.5 Å². The van der Waals surface area contributed by atoms with Crippen LogP contribution in [0.15, 0.2) is 11.0 Å². The Morgan fingerprint density at radius 3 is 2.95 bits per heavy atom. The van der Waals surface area contributed by atoms with Gasteiger partial charge in [-0.15, -0.1) is 0 Å². The Kier molecular flexibility index (Phi) is 2.77. The van der Waals surface area contributed by atoms with Crippen molar-refractivity contribution in [2.24, 2.45) is 7.05 Å². The van der Waals surface area contributed by atoms with Gasteiger partial charge in [-0.3, -0.25) is 4.57 Å². The van der Waals surface area contributed by atoms with E-state index in [1.165, 1.54) is 6.42 Å². The fourth-order valence-electron chi connectivity index (χ4n) is 3.20. The summed E-state index contributed by atoms with van der Waals surface area (Å²) in [5.41, 5.74) is 1.02. The maximum Gasteiger partial charge on any atom is 0.349 e. The van der Waals surface area contributed by atoms with Crippen molar-refractivity contribution >= 4 is 22.8 Å². The Labute approximate surface area is 126 Å². The summed E-state index contributed by atoms with van der Waals surface area (Å²) in [6.07, 6.45) is 4.88. The zero-order chi connectivity index (χ0) is 14.6. The fourth-order valence-corrected chi connectivity index (χ4v) is 3.33. The van der Waals surface area contributed by atoms with Gasteiger partial charge in [-0.1, -0.05) is 0 Å². The van der Waals surface area contributed by atoms with Gasteiger partial charge < -0.3 is 9.75 Å². The largest absolute Gasteiger partial charge is 0.371 e. The Hall–Kier alpha value is -1.60. The average molecular weight is 310 g/mol. The number of morpholine rings is 1. The van der Waals surface area contributed by atoms with Crippen LogP contribution >= 0.6 is 11.6 Å². The van der Waals surface area contributed by atoms with Gasteiger partial charge in [0.15, 0.2) is 5.65 Å². The molecule has 4 rings (SSSR count). The van der Waals surface area contributed by atoms with Crippen molar-refractivity contribution in [3.8, 4) is 0 Å². The third-order valence-corrected chi connectivity index (χ3v) is 4.71. The first-order chi connectivity index (χ1) is 10.1. The lowest BCUT2D eigenvalue weighted by Crippen LogP contribution is -2.60. The van der Waals surface area contributed by atoms with Gasteiger partial charge >= 0.3 is 5.69 Å². The van der Waals surface area contributed by atoms with E-state index in [2.05, 4.69) is 9.97 Å². The predicted octanol–water partition coefficient (Wildman–Crippen LogP) is 0.674. The van der Waals surface area contributed by atoms with Crippen LogP contribution in [0.25, 0.3) is 11.2 Å². The number of aromatic nitrogens is 4. The van der Waals surface area contributed by atoms with Gasteiger partial charge in [0.1, 0.15) is 5.52 Å². The van der Waals surface area contributed by atoms with Gasteiger partial charge in [-0.05, 0) is 30.9 Å². The SMILES string of the molecule is Cn1c(=O)n(N2CCOC3(CCC3)C2)c2nc(Cl)ncc21. The Morgan fingerprint density at radius 1 is 1.43 bits per heavy atom. The molecule has 1 spiro atoms. The summed E-state index contributed by atoms with van der Waals surface area (Å²) in [5, 5.41) is 2.17. The third kappa shape index (κ3) is 1.87. The molecule has 0 amide bonds. The molecule has 1 aliphatic heterocycles. The van der Waals surface area contributed by atoms with Crippen molar-refractivity contribution in [3.05, 3.63) is 22.0 Å². The summed E-state index contributed by atoms with van der Waals surface area (Å²) < 4.78 is 9.08. The second-order valence-electron chi connectivity index (χ2n) is 5.77. The van der Waals surface area contributed by atoms with Crippen LogP contribution in [0.1, 0.15) is 19.3 Å². The van der Waals surface area contributed by atoms with Gasteiger partial charge in [-0.2, -0.15) is 9.66 Å². The second-order valence-corrected chi connectivity index (χ2v) is 6.11. The summed E-state index contributed by atoms with van der Waals surface area (Å²) in [5.74, 6) is 0. The number of ether oxygens (including phenoxy) is 1. The lowest BCUT2D eigenvalue weighted by Gasteiger charge is -2.48. The van der Waals surface area contributed by atoms with E-state index < -0.39 is 0 Å². The van der Waals surface area contributed by atoms with Gasteiger partial charge in [0, 0.05) is 7.05 Å². The van der Waals surface area contributed by atoms with Crippen molar-refractivity contribution in [1.82, 2.24) is 19.2 Å².